The van der Waals surface area contributed by atoms with E-state index in [0.717, 1.165) is 5.56 Å². The maximum atomic E-state index is 12.7. The zero-order chi connectivity index (χ0) is 15.5. The molecule has 0 fully saturated rings. The molecule has 110 valence electrons. The third-order valence-corrected chi connectivity index (χ3v) is 3.28. The van der Waals surface area contributed by atoms with Gasteiger partial charge in [0.2, 0.25) is 0 Å². The number of carbonyl (C=O) groups is 1. The molecule has 0 radical (unpaired) electrons. The number of pyridine rings is 1. The summed E-state index contributed by atoms with van der Waals surface area (Å²) in [7, 11) is 0. The molecule has 21 heavy (non-hydrogen) atoms. The van der Waals surface area contributed by atoms with Gasteiger partial charge in [0, 0.05) is 28.4 Å². The van der Waals surface area contributed by atoms with E-state index in [-0.39, 0.29) is 5.78 Å². The van der Waals surface area contributed by atoms with Gasteiger partial charge in [0.25, 0.3) is 0 Å². The number of carbonyl (C=O) groups excluding carboxylic acids is 1. The molecule has 0 spiro atoms. The number of hydrogen-bond donors (Lipinski definition) is 0. The molecule has 3 nitrogen and oxygen atoms in total. The van der Waals surface area contributed by atoms with Gasteiger partial charge in [-0.2, -0.15) is 0 Å². The molecule has 0 aliphatic heterocycles. The predicted octanol–water partition coefficient (Wildman–Crippen LogP) is 4.47. The van der Waals surface area contributed by atoms with Crippen LogP contribution in [0.1, 0.15) is 32.4 Å². The molecule has 1 unspecified atom stereocenters. The second-order valence-corrected chi connectivity index (χ2v) is 6.29. The fourth-order valence-electron chi connectivity index (χ4n) is 1.85. The summed E-state index contributed by atoms with van der Waals surface area (Å²) in [6.45, 7) is 5.64. The van der Waals surface area contributed by atoms with Crippen LogP contribution in [0.4, 0.5) is 0 Å². The quantitative estimate of drug-likeness (QED) is 0.836. The van der Waals surface area contributed by atoms with Gasteiger partial charge in [0.05, 0.1) is 0 Å². The molecule has 2 rings (SSSR count). The highest BCUT2D eigenvalue weighted by Gasteiger charge is 2.32. The lowest BCUT2D eigenvalue weighted by molar-refractivity contribution is -0.133. The summed E-state index contributed by atoms with van der Waals surface area (Å²) in [6.07, 6.45) is 2.65. The molecule has 1 aromatic heterocycles. The zero-order valence-corrected chi connectivity index (χ0v) is 13.1. The van der Waals surface area contributed by atoms with Gasteiger partial charge in [0.1, 0.15) is 5.75 Å². The van der Waals surface area contributed by atoms with Crippen LogP contribution in [0.2, 0.25) is 5.02 Å². The molecule has 1 aromatic carbocycles. The number of Topliss-reactive ketones (excluding diaryl/α,β-unsaturated/α-hetero) is 1. The molecule has 0 bridgehead atoms. The minimum absolute atomic E-state index is 0.00505. The number of halogens is 1. The van der Waals surface area contributed by atoms with Gasteiger partial charge >= 0.3 is 0 Å². The second-order valence-electron chi connectivity index (χ2n) is 5.85. The number of benzene rings is 1. The Morgan fingerprint density at radius 3 is 2.38 bits per heavy atom. The number of ketones is 1. The predicted molar refractivity (Wildman–Crippen MR) is 83.5 cm³/mol. The minimum Gasteiger partial charge on any atom is -0.478 e. The van der Waals surface area contributed by atoms with Crippen LogP contribution in [0.15, 0.2) is 48.8 Å². The standard InChI is InChI=1S/C17H18ClNO2/c1-17(2,3)16(20)15(12-5-4-10-19-11-12)21-14-8-6-13(18)7-9-14/h4-11,15H,1-3H3. The summed E-state index contributed by atoms with van der Waals surface area (Å²) in [4.78, 5) is 16.7. The molecule has 1 heterocycles. The number of aromatic nitrogens is 1. The van der Waals surface area contributed by atoms with E-state index in [2.05, 4.69) is 4.98 Å². The van der Waals surface area contributed by atoms with Gasteiger partial charge < -0.3 is 4.74 Å². The lowest BCUT2D eigenvalue weighted by atomic mass is 9.85. The van der Waals surface area contributed by atoms with E-state index >= 15 is 0 Å². The molecule has 0 saturated carbocycles. The van der Waals surface area contributed by atoms with Gasteiger partial charge in [-0.25, -0.2) is 0 Å². The summed E-state index contributed by atoms with van der Waals surface area (Å²) in [5.41, 5.74) is 0.236. The van der Waals surface area contributed by atoms with Crippen molar-refractivity contribution in [2.75, 3.05) is 0 Å². The lowest BCUT2D eigenvalue weighted by Gasteiger charge is -2.25. The Kier molecular flexibility index (Phi) is 4.63. The van der Waals surface area contributed by atoms with E-state index in [1.807, 2.05) is 26.8 Å². The van der Waals surface area contributed by atoms with E-state index in [9.17, 15) is 4.79 Å². The van der Waals surface area contributed by atoms with Crippen LogP contribution in [0.25, 0.3) is 0 Å². The molecule has 4 heteroatoms. The highest BCUT2D eigenvalue weighted by molar-refractivity contribution is 6.30. The largest absolute Gasteiger partial charge is 0.478 e. The van der Waals surface area contributed by atoms with Crippen molar-refractivity contribution >= 4 is 17.4 Å². The van der Waals surface area contributed by atoms with Crippen molar-refractivity contribution in [3.05, 3.63) is 59.4 Å². The summed E-state index contributed by atoms with van der Waals surface area (Å²) in [5.74, 6) is 0.608. The average Bonchev–Trinajstić information content (AvgIpc) is 2.46. The van der Waals surface area contributed by atoms with Crippen LogP contribution in [0.3, 0.4) is 0 Å². The van der Waals surface area contributed by atoms with Crippen LogP contribution in [-0.4, -0.2) is 10.8 Å². The molecule has 0 saturated heterocycles. The van der Waals surface area contributed by atoms with Crippen LogP contribution >= 0.6 is 11.6 Å². The Labute approximate surface area is 129 Å². The monoisotopic (exact) mass is 303 g/mol. The van der Waals surface area contributed by atoms with E-state index in [1.165, 1.54) is 0 Å². The lowest BCUT2D eigenvalue weighted by Crippen LogP contribution is -2.30. The first kappa shape index (κ1) is 15.5. The number of nitrogens with zero attached hydrogens (tertiary/aromatic N) is 1. The maximum Gasteiger partial charge on any atom is 0.184 e. The first-order valence-electron chi connectivity index (χ1n) is 6.74. The van der Waals surface area contributed by atoms with E-state index in [4.69, 9.17) is 16.3 Å². The Morgan fingerprint density at radius 2 is 1.86 bits per heavy atom. The van der Waals surface area contributed by atoms with Crippen LogP contribution < -0.4 is 4.74 Å². The minimum atomic E-state index is -0.681. The third-order valence-electron chi connectivity index (χ3n) is 3.03. The smallest absolute Gasteiger partial charge is 0.184 e. The Bertz CT molecular complexity index is 603. The fraction of sp³-hybridized carbons (Fsp3) is 0.294. The van der Waals surface area contributed by atoms with Crippen LogP contribution in [0.5, 0.6) is 5.75 Å². The molecule has 0 amide bonds. The number of ether oxygens (including phenoxy) is 1. The zero-order valence-electron chi connectivity index (χ0n) is 12.3. The highest BCUT2D eigenvalue weighted by Crippen LogP contribution is 2.30. The molecule has 2 aromatic rings. The summed E-state index contributed by atoms with van der Waals surface area (Å²) in [5, 5.41) is 0.627. The maximum absolute atomic E-state index is 12.7. The molecule has 0 N–H and O–H groups in total. The highest BCUT2D eigenvalue weighted by atomic mass is 35.5. The van der Waals surface area contributed by atoms with E-state index < -0.39 is 11.5 Å². The van der Waals surface area contributed by atoms with Gasteiger partial charge in [0.15, 0.2) is 11.9 Å². The second kappa shape index (κ2) is 6.27. The van der Waals surface area contributed by atoms with Gasteiger partial charge in [-0.15, -0.1) is 0 Å². The van der Waals surface area contributed by atoms with Crippen molar-refractivity contribution in [3.63, 3.8) is 0 Å². The molecule has 0 aliphatic carbocycles. The topological polar surface area (TPSA) is 39.2 Å². The third kappa shape index (κ3) is 4.05. The SMILES string of the molecule is CC(C)(C)C(=O)C(Oc1ccc(Cl)cc1)c1cccnc1. The van der Waals surface area contributed by atoms with E-state index in [0.29, 0.717) is 10.8 Å². The first-order valence-corrected chi connectivity index (χ1v) is 7.12. The number of rotatable bonds is 4. The van der Waals surface area contributed by atoms with Crippen molar-refractivity contribution in [3.8, 4) is 5.75 Å². The summed E-state index contributed by atoms with van der Waals surface area (Å²) >= 11 is 5.87. The summed E-state index contributed by atoms with van der Waals surface area (Å²) < 4.78 is 5.90. The molecule has 1 atom stereocenters. The first-order chi connectivity index (χ1) is 9.88. The molecular weight excluding hydrogens is 286 g/mol. The van der Waals surface area contributed by atoms with Gasteiger partial charge in [-0.3, -0.25) is 9.78 Å². The summed E-state index contributed by atoms with van der Waals surface area (Å²) in [6, 6.07) is 10.6. The van der Waals surface area contributed by atoms with Crippen molar-refractivity contribution in [2.45, 2.75) is 26.9 Å². The molecular formula is C17H18ClNO2. The average molecular weight is 304 g/mol. The van der Waals surface area contributed by atoms with Crippen molar-refractivity contribution in [1.29, 1.82) is 0 Å². The Morgan fingerprint density at radius 1 is 1.19 bits per heavy atom. The Hall–Kier alpha value is -1.87. The van der Waals surface area contributed by atoms with Gasteiger partial charge in [-0.1, -0.05) is 38.4 Å². The van der Waals surface area contributed by atoms with Crippen LogP contribution in [-0.2, 0) is 4.79 Å². The van der Waals surface area contributed by atoms with Crippen molar-refractivity contribution in [2.24, 2.45) is 5.41 Å². The van der Waals surface area contributed by atoms with Crippen LogP contribution in [0, 0.1) is 5.41 Å². The van der Waals surface area contributed by atoms with Crippen molar-refractivity contribution in [1.82, 2.24) is 4.98 Å². The van der Waals surface area contributed by atoms with Crippen molar-refractivity contribution < 1.29 is 9.53 Å². The Balaban J connectivity index is 2.32. The van der Waals surface area contributed by atoms with Gasteiger partial charge in [-0.05, 0) is 30.3 Å². The fourth-order valence-corrected chi connectivity index (χ4v) is 1.97. The molecule has 0 aliphatic rings. The normalized spacial score (nSPS) is 12.8. The number of hydrogen-bond acceptors (Lipinski definition) is 3. The van der Waals surface area contributed by atoms with E-state index in [1.54, 1.807) is 42.7 Å².